The van der Waals surface area contributed by atoms with Gasteiger partial charge in [0.15, 0.2) is 0 Å². The maximum absolute atomic E-state index is 5.09. The van der Waals surface area contributed by atoms with Gasteiger partial charge in [-0.1, -0.05) is 129 Å². The Morgan fingerprint density at radius 3 is 1.08 bits per heavy atom. The second-order valence-electron chi connectivity index (χ2n) is 7.91. The van der Waals surface area contributed by atoms with Crippen LogP contribution in [0.25, 0.3) is 0 Å². The van der Waals surface area contributed by atoms with Crippen LogP contribution in [0, 0.1) is 0 Å². The van der Waals surface area contributed by atoms with E-state index in [0.717, 1.165) is 6.54 Å². The van der Waals surface area contributed by atoms with E-state index in [1.165, 1.54) is 128 Å². The fourth-order valence-electron chi connectivity index (χ4n) is 3.58. The number of rotatable bonds is 23. The van der Waals surface area contributed by atoms with E-state index in [4.69, 9.17) is 5.84 Å². The molecule has 0 saturated carbocycles. The Labute approximate surface area is 164 Å². The Morgan fingerprint density at radius 2 is 0.769 bits per heavy atom. The standard InChI is InChI=1S/C22H50N4/c1-2-3-4-5-6-7-8-9-10-11-12-13-14-15-16-17-18-19-20-21-22-24-26-25-23/h24-26H,2-23H2,1H3. The Morgan fingerprint density at radius 1 is 0.462 bits per heavy atom. The van der Waals surface area contributed by atoms with Gasteiger partial charge in [0.25, 0.3) is 0 Å². The second-order valence-corrected chi connectivity index (χ2v) is 7.91. The Kier molecular flexibility index (Phi) is 24.7. The Hall–Kier alpha value is -0.160. The molecule has 0 saturated heterocycles. The predicted octanol–water partition coefficient (Wildman–Crippen LogP) is 6.28. The van der Waals surface area contributed by atoms with E-state index < -0.39 is 0 Å². The monoisotopic (exact) mass is 370 g/mol. The first-order valence-electron chi connectivity index (χ1n) is 11.8. The van der Waals surface area contributed by atoms with Crippen molar-refractivity contribution in [2.45, 2.75) is 135 Å². The summed E-state index contributed by atoms with van der Waals surface area (Å²) < 4.78 is 0. The number of hydrogen-bond donors (Lipinski definition) is 4. The molecule has 0 amide bonds. The van der Waals surface area contributed by atoms with Gasteiger partial charge in [-0.25, -0.2) is 5.43 Å². The molecule has 0 fully saturated rings. The summed E-state index contributed by atoms with van der Waals surface area (Å²) in [6.45, 7) is 3.27. The normalized spacial score (nSPS) is 11.3. The highest BCUT2D eigenvalue weighted by molar-refractivity contribution is 4.51. The van der Waals surface area contributed by atoms with Gasteiger partial charge in [-0.05, 0) is 6.42 Å². The largest absolute Gasteiger partial charge is 0.257 e. The molecule has 0 radical (unpaired) electrons. The third-order valence-corrected chi connectivity index (χ3v) is 5.32. The molecule has 0 aromatic heterocycles. The highest BCUT2D eigenvalue weighted by Gasteiger charge is 1.95. The van der Waals surface area contributed by atoms with E-state index in [1.807, 2.05) is 0 Å². The van der Waals surface area contributed by atoms with Crippen LogP contribution in [-0.2, 0) is 0 Å². The highest BCUT2D eigenvalue weighted by atomic mass is 15.7. The molecular formula is C22H50N4. The maximum atomic E-state index is 5.09. The van der Waals surface area contributed by atoms with Crippen LogP contribution in [0.1, 0.15) is 135 Å². The molecule has 0 atom stereocenters. The van der Waals surface area contributed by atoms with Crippen molar-refractivity contribution in [1.29, 1.82) is 0 Å². The zero-order chi connectivity index (χ0) is 19.0. The molecule has 0 aromatic carbocycles. The van der Waals surface area contributed by atoms with E-state index in [2.05, 4.69) is 23.4 Å². The average molecular weight is 371 g/mol. The lowest BCUT2D eigenvalue weighted by Crippen LogP contribution is -2.47. The van der Waals surface area contributed by atoms with Crippen LogP contribution in [0.3, 0.4) is 0 Å². The van der Waals surface area contributed by atoms with Gasteiger partial charge in [-0.3, -0.25) is 5.84 Å². The van der Waals surface area contributed by atoms with E-state index in [1.54, 1.807) is 0 Å². The van der Waals surface area contributed by atoms with E-state index in [0.29, 0.717) is 0 Å². The number of nitrogens with two attached hydrogens (primary N) is 1. The summed E-state index contributed by atoms with van der Waals surface area (Å²) in [7, 11) is 0. The molecule has 4 nitrogen and oxygen atoms in total. The molecule has 0 spiro atoms. The summed E-state index contributed by atoms with van der Waals surface area (Å²) in [5.41, 5.74) is 8.06. The van der Waals surface area contributed by atoms with Gasteiger partial charge in [0.1, 0.15) is 0 Å². The number of hydrogen-bond acceptors (Lipinski definition) is 4. The van der Waals surface area contributed by atoms with E-state index in [9.17, 15) is 0 Å². The fourth-order valence-corrected chi connectivity index (χ4v) is 3.58. The molecule has 0 heterocycles. The predicted molar refractivity (Wildman–Crippen MR) is 116 cm³/mol. The van der Waals surface area contributed by atoms with Crippen LogP contribution in [0.15, 0.2) is 0 Å². The topological polar surface area (TPSA) is 62.1 Å². The first-order valence-corrected chi connectivity index (χ1v) is 11.8. The summed E-state index contributed by atoms with van der Waals surface area (Å²) >= 11 is 0. The molecule has 0 aliphatic carbocycles. The molecule has 0 aliphatic rings. The van der Waals surface area contributed by atoms with Crippen LogP contribution in [0.4, 0.5) is 0 Å². The van der Waals surface area contributed by atoms with Gasteiger partial charge in [0, 0.05) is 6.54 Å². The molecule has 158 valence electrons. The van der Waals surface area contributed by atoms with Gasteiger partial charge in [0.05, 0.1) is 0 Å². The summed E-state index contributed by atoms with van der Waals surface area (Å²) in [5, 5.41) is 0. The zero-order valence-corrected chi connectivity index (χ0v) is 17.9. The van der Waals surface area contributed by atoms with Crippen LogP contribution in [-0.4, -0.2) is 6.54 Å². The van der Waals surface area contributed by atoms with Crippen molar-refractivity contribution in [3.05, 3.63) is 0 Å². The molecule has 0 bridgehead atoms. The number of nitrogens with one attached hydrogen (secondary N) is 3. The van der Waals surface area contributed by atoms with Crippen LogP contribution in [0.5, 0.6) is 0 Å². The quantitative estimate of drug-likeness (QED) is 0.0970. The molecule has 26 heavy (non-hydrogen) atoms. The molecule has 5 N–H and O–H groups in total. The van der Waals surface area contributed by atoms with Crippen molar-refractivity contribution in [2.75, 3.05) is 6.54 Å². The van der Waals surface area contributed by atoms with Crippen molar-refractivity contribution in [1.82, 2.24) is 16.5 Å². The third kappa shape index (κ3) is 23.8. The minimum Gasteiger partial charge on any atom is -0.257 e. The van der Waals surface area contributed by atoms with Crippen molar-refractivity contribution in [3.63, 3.8) is 0 Å². The minimum absolute atomic E-state index is 0.975. The van der Waals surface area contributed by atoms with Crippen LogP contribution >= 0.6 is 0 Å². The van der Waals surface area contributed by atoms with Gasteiger partial charge in [0.2, 0.25) is 0 Å². The minimum atomic E-state index is 0.975. The summed E-state index contributed by atoms with van der Waals surface area (Å²) in [6.07, 6.45) is 28.6. The van der Waals surface area contributed by atoms with Gasteiger partial charge >= 0.3 is 0 Å². The molecule has 0 rings (SSSR count). The van der Waals surface area contributed by atoms with Gasteiger partial charge in [-0.15, -0.1) is 0 Å². The lowest BCUT2D eigenvalue weighted by molar-refractivity contribution is 0.431. The van der Waals surface area contributed by atoms with Crippen molar-refractivity contribution in [2.24, 2.45) is 5.84 Å². The Balaban J connectivity index is 2.95. The molecule has 0 aliphatic heterocycles. The van der Waals surface area contributed by atoms with E-state index >= 15 is 0 Å². The smallest absolute Gasteiger partial charge is 0.0113 e. The number of unbranched alkanes of at least 4 members (excludes halogenated alkanes) is 19. The zero-order valence-electron chi connectivity index (χ0n) is 17.9. The Bertz CT molecular complexity index is 212. The van der Waals surface area contributed by atoms with Crippen molar-refractivity contribution < 1.29 is 0 Å². The third-order valence-electron chi connectivity index (χ3n) is 5.32. The highest BCUT2D eigenvalue weighted by Crippen LogP contribution is 2.14. The SMILES string of the molecule is CCCCCCCCCCCCCCCCCCCCCCNNNN. The molecular weight excluding hydrogens is 320 g/mol. The summed E-state index contributed by atoms with van der Waals surface area (Å²) in [5.74, 6) is 5.09. The first-order chi connectivity index (χ1) is 12.9. The molecule has 0 unspecified atom stereocenters. The molecule has 0 aromatic rings. The van der Waals surface area contributed by atoms with Gasteiger partial charge in [-0.2, -0.15) is 11.1 Å². The lowest BCUT2D eigenvalue weighted by Gasteiger charge is -2.05. The first kappa shape index (κ1) is 25.8. The average Bonchev–Trinajstić information content (AvgIpc) is 2.66. The van der Waals surface area contributed by atoms with Crippen LogP contribution < -0.4 is 22.3 Å². The molecule has 4 heteroatoms. The maximum Gasteiger partial charge on any atom is 0.0113 e. The van der Waals surface area contributed by atoms with E-state index in [-0.39, 0.29) is 0 Å². The number of hydrazine groups is 3. The van der Waals surface area contributed by atoms with Crippen LogP contribution in [0.2, 0.25) is 0 Å². The van der Waals surface area contributed by atoms with Gasteiger partial charge < -0.3 is 0 Å². The summed E-state index contributed by atoms with van der Waals surface area (Å²) in [6, 6.07) is 0. The lowest BCUT2D eigenvalue weighted by atomic mass is 10.0. The second kappa shape index (κ2) is 24.8. The summed E-state index contributed by atoms with van der Waals surface area (Å²) in [4.78, 5) is 0. The van der Waals surface area contributed by atoms with Crippen molar-refractivity contribution in [3.8, 4) is 0 Å². The van der Waals surface area contributed by atoms with Crippen molar-refractivity contribution >= 4 is 0 Å². The fraction of sp³-hybridized carbons (Fsp3) is 1.00.